The number of halogens is 3. The van der Waals surface area contributed by atoms with Gasteiger partial charge in [-0.2, -0.15) is 5.10 Å². The molecule has 2 aromatic carbocycles. The predicted molar refractivity (Wildman–Crippen MR) is 117 cm³/mol. The Balaban J connectivity index is 1.96. The maximum Gasteiger partial charge on any atom is 0.329 e. The highest BCUT2D eigenvalue weighted by molar-refractivity contribution is 6.42. The number of hydrogen-bond acceptors (Lipinski definition) is 5. The molecule has 0 aliphatic carbocycles. The summed E-state index contributed by atoms with van der Waals surface area (Å²) in [5, 5.41) is 7.61. The molecule has 0 radical (unpaired) electrons. The van der Waals surface area contributed by atoms with Crippen LogP contribution in [0, 0.1) is 0 Å². The van der Waals surface area contributed by atoms with Gasteiger partial charge in [-0.1, -0.05) is 40.9 Å². The van der Waals surface area contributed by atoms with Crippen LogP contribution in [0.15, 0.2) is 41.5 Å². The number of amides is 2. The second kappa shape index (κ2) is 12.4. The average molecular weight is 473 g/mol. The minimum Gasteiger partial charge on any atom is -0.488 e. The second-order valence-corrected chi connectivity index (χ2v) is 7.27. The van der Waals surface area contributed by atoms with E-state index in [4.69, 9.17) is 44.3 Å². The summed E-state index contributed by atoms with van der Waals surface area (Å²) in [6, 6.07) is 10.1. The van der Waals surface area contributed by atoms with Gasteiger partial charge in [-0.15, -0.1) is 0 Å². The molecule has 160 valence electrons. The third-order valence-corrected chi connectivity index (χ3v) is 4.71. The van der Waals surface area contributed by atoms with E-state index in [2.05, 4.69) is 15.8 Å². The summed E-state index contributed by atoms with van der Waals surface area (Å²) in [5.41, 5.74) is 3.50. The molecule has 0 saturated carbocycles. The number of nitrogens with zero attached hydrogens (tertiary/aromatic N) is 1. The van der Waals surface area contributed by atoms with Crippen LogP contribution in [0.25, 0.3) is 0 Å². The van der Waals surface area contributed by atoms with Gasteiger partial charge in [0.05, 0.1) is 16.3 Å². The van der Waals surface area contributed by atoms with E-state index >= 15 is 0 Å². The highest BCUT2D eigenvalue weighted by Crippen LogP contribution is 2.25. The van der Waals surface area contributed by atoms with E-state index in [1.165, 1.54) is 6.21 Å². The maximum atomic E-state index is 11.8. The first-order valence-corrected chi connectivity index (χ1v) is 10.0. The Morgan fingerprint density at radius 1 is 1.07 bits per heavy atom. The molecule has 0 aliphatic heterocycles. The van der Waals surface area contributed by atoms with Crippen molar-refractivity contribution in [1.29, 1.82) is 0 Å². The largest absolute Gasteiger partial charge is 0.488 e. The first-order chi connectivity index (χ1) is 14.4. The number of carbonyl (C=O) groups is 2. The lowest BCUT2D eigenvalue weighted by Gasteiger charge is -2.10. The van der Waals surface area contributed by atoms with E-state index in [0.29, 0.717) is 46.0 Å². The molecule has 0 aromatic heterocycles. The summed E-state index contributed by atoms with van der Waals surface area (Å²) in [7, 11) is 1.56. The van der Waals surface area contributed by atoms with Crippen molar-refractivity contribution in [3.8, 4) is 5.75 Å². The van der Waals surface area contributed by atoms with Crippen LogP contribution in [-0.2, 0) is 20.9 Å². The molecular formula is C20H20Cl3N3O4. The molecule has 7 nitrogen and oxygen atoms in total. The van der Waals surface area contributed by atoms with Gasteiger partial charge in [-0.05, 0) is 42.3 Å². The standard InChI is InChI=1S/C20H20Cl3N3O4/c1-29-8-2-7-24-19(27)20(28)26-25-11-14-10-15(21)4-6-18(14)30-12-13-3-5-16(22)17(23)9-13/h3-6,9-11H,2,7-8,12H2,1H3,(H,24,27)(H,26,28)/b25-11-. The van der Waals surface area contributed by atoms with Gasteiger partial charge < -0.3 is 14.8 Å². The molecule has 10 heteroatoms. The molecule has 2 rings (SSSR count). The van der Waals surface area contributed by atoms with E-state index in [0.717, 1.165) is 5.56 Å². The van der Waals surface area contributed by atoms with Crippen LogP contribution >= 0.6 is 34.8 Å². The molecule has 0 spiro atoms. The number of rotatable bonds is 9. The van der Waals surface area contributed by atoms with Gasteiger partial charge in [0.1, 0.15) is 12.4 Å². The fraction of sp³-hybridized carbons (Fsp3) is 0.250. The summed E-state index contributed by atoms with van der Waals surface area (Å²) in [6.45, 7) is 1.04. The minimum atomic E-state index is -0.885. The van der Waals surface area contributed by atoms with Crippen molar-refractivity contribution in [2.45, 2.75) is 13.0 Å². The van der Waals surface area contributed by atoms with E-state index in [1.54, 1.807) is 43.5 Å². The van der Waals surface area contributed by atoms with Crippen molar-refractivity contribution in [2.75, 3.05) is 20.3 Å². The molecule has 2 N–H and O–H groups in total. The lowest BCUT2D eigenvalue weighted by molar-refractivity contribution is -0.139. The van der Waals surface area contributed by atoms with Crippen molar-refractivity contribution in [1.82, 2.24) is 10.7 Å². The topological polar surface area (TPSA) is 89.0 Å². The van der Waals surface area contributed by atoms with Crippen molar-refractivity contribution >= 4 is 52.8 Å². The van der Waals surface area contributed by atoms with Crippen LogP contribution in [0.2, 0.25) is 15.1 Å². The Bertz CT molecular complexity index is 922. The quantitative estimate of drug-likeness (QED) is 0.251. The fourth-order valence-corrected chi connectivity index (χ4v) is 2.75. The third-order valence-electron chi connectivity index (χ3n) is 3.74. The molecule has 0 aliphatic rings. The van der Waals surface area contributed by atoms with Crippen LogP contribution in [0.5, 0.6) is 5.75 Å². The molecule has 2 amide bonds. The molecular weight excluding hydrogens is 453 g/mol. The Labute approximate surface area is 189 Å². The van der Waals surface area contributed by atoms with Crippen LogP contribution in [-0.4, -0.2) is 38.3 Å². The lowest BCUT2D eigenvalue weighted by Crippen LogP contribution is -2.38. The Morgan fingerprint density at radius 3 is 2.60 bits per heavy atom. The summed E-state index contributed by atoms with van der Waals surface area (Å²) >= 11 is 18.0. The van der Waals surface area contributed by atoms with Crippen LogP contribution in [0.3, 0.4) is 0 Å². The van der Waals surface area contributed by atoms with Gasteiger partial charge >= 0.3 is 11.8 Å². The Hall–Kier alpha value is -2.32. The SMILES string of the molecule is COCCCNC(=O)C(=O)N/N=C\c1cc(Cl)ccc1OCc1ccc(Cl)c(Cl)c1. The van der Waals surface area contributed by atoms with E-state index in [1.807, 2.05) is 0 Å². The molecule has 0 unspecified atom stereocenters. The minimum absolute atomic E-state index is 0.232. The van der Waals surface area contributed by atoms with Crippen LogP contribution < -0.4 is 15.5 Å². The number of methoxy groups -OCH3 is 1. The van der Waals surface area contributed by atoms with Crippen molar-refractivity contribution < 1.29 is 19.1 Å². The molecule has 0 heterocycles. The predicted octanol–water partition coefficient (Wildman–Crippen LogP) is 3.83. The number of ether oxygens (including phenoxy) is 2. The zero-order valence-corrected chi connectivity index (χ0v) is 18.4. The molecule has 0 fully saturated rings. The van der Waals surface area contributed by atoms with Gasteiger partial charge in [-0.3, -0.25) is 9.59 Å². The highest BCUT2D eigenvalue weighted by atomic mass is 35.5. The second-order valence-electron chi connectivity index (χ2n) is 6.02. The number of nitrogens with one attached hydrogen (secondary N) is 2. The third kappa shape index (κ3) is 7.84. The van der Waals surface area contributed by atoms with Gasteiger partial charge in [0, 0.05) is 30.8 Å². The number of hydrogen-bond donors (Lipinski definition) is 2. The monoisotopic (exact) mass is 471 g/mol. The van der Waals surface area contributed by atoms with Gasteiger partial charge in [0.15, 0.2) is 0 Å². The average Bonchev–Trinajstić information content (AvgIpc) is 2.72. The van der Waals surface area contributed by atoms with E-state index in [-0.39, 0.29) is 6.61 Å². The molecule has 0 bridgehead atoms. The Morgan fingerprint density at radius 2 is 1.87 bits per heavy atom. The smallest absolute Gasteiger partial charge is 0.329 e. The van der Waals surface area contributed by atoms with E-state index < -0.39 is 11.8 Å². The summed E-state index contributed by atoms with van der Waals surface area (Å²) < 4.78 is 10.7. The molecule has 2 aromatic rings. The van der Waals surface area contributed by atoms with E-state index in [9.17, 15) is 9.59 Å². The number of carbonyl (C=O) groups excluding carboxylic acids is 2. The van der Waals surface area contributed by atoms with Gasteiger partial charge in [-0.25, -0.2) is 5.43 Å². The normalized spacial score (nSPS) is 10.8. The summed E-state index contributed by atoms with van der Waals surface area (Å²) in [6.07, 6.45) is 1.94. The summed E-state index contributed by atoms with van der Waals surface area (Å²) in [5.74, 6) is -1.19. The van der Waals surface area contributed by atoms with Crippen molar-refractivity contribution in [2.24, 2.45) is 5.10 Å². The molecule has 30 heavy (non-hydrogen) atoms. The van der Waals surface area contributed by atoms with Gasteiger partial charge in [0.2, 0.25) is 0 Å². The van der Waals surface area contributed by atoms with Crippen molar-refractivity contribution in [3.05, 3.63) is 62.6 Å². The van der Waals surface area contributed by atoms with Gasteiger partial charge in [0.25, 0.3) is 0 Å². The van der Waals surface area contributed by atoms with Crippen LogP contribution in [0.1, 0.15) is 17.5 Å². The molecule has 0 saturated heterocycles. The first kappa shape index (κ1) is 24.0. The molecule has 0 atom stereocenters. The number of benzene rings is 2. The maximum absolute atomic E-state index is 11.8. The zero-order valence-electron chi connectivity index (χ0n) is 16.1. The highest BCUT2D eigenvalue weighted by Gasteiger charge is 2.11. The Kier molecular flexibility index (Phi) is 9.89. The first-order valence-electron chi connectivity index (χ1n) is 8.87. The zero-order chi connectivity index (χ0) is 21.9. The fourth-order valence-electron chi connectivity index (χ4n) is 2.25. The van der Waals surface area contributed by atoms with Crippen molar-refractivity contribution in [3.63, 3.8) is 0 Å². The lowest BCUT2D eigenvalue weighted by atomic mass is 10.2. The number of hydrazone groups is 1. The van der Waals surface area contributed by atoms with Crippen LogP contribution in [0.4, 0.5) is 0 Å². The summed E-state index contributed by atoms with van der Waals surface area (Å²) in [4.78, 5) is 23.4.